The Morgan fingerprint density at radius 1 is 1.08 bits per heavy atom. The molecule has 1 aromatic heterocycles. The predicted molar refractivity (Wildman–Crippen MR) is 137 cm³/mol. The minimum Gasteiger partial charge on any atom is -0.497 e. The lowest BCUT2D eigenvalue weighted by Gasteiger charge is -2.22. The lowest BCUT2D eigenvalue weighted by molar-refractivity contribution is -0.132. The molecular formula is C29H34FN3O4. The van der Waals surface area contributed by atoms with E-state index in [0.717, 1.165) is 23.3 Å². The lowest BCUT2D eigenvalue weighted by Crippen LogP contribution is -2.32. The molecule has 37 heavy (non-hydrogen) atoms. The van der Waals surface area contributed by atoms with Crippen LogP contribution in [0.1, 0.15) is 65.9 Å². The fourth-order valence-corrected chi connectivity index (χ4v) is 4.69. The molecule has 0 bridgehead atoms. The third kappa shape index (κ3) is 7.90. The maximum absolute atomic E-state index is 13.2. The number of nitrogens with zero attached hydrogens (tertiary/aromatic N) is 2. The number of nitrogens with one attached hydrogen (secondary N) is 1. The Morgan fingerprint density at radius 3 is 2.49 bits per heavy atom. The summed E-state index contributed by atoms with van der Waals surface area (Å²) in [6.07, 6.45) is 7.03. The van der Waals surface area contributed by atoms with Gasteiger partial charge in [-0.25, -0.2) is 4.39 Å². The zero-order chi connectivity index (χ0) is 26.0. The number of rotatable bonds is 12. The first-order valence-electron chi connectivity index (χ1n) is 12.9. The molecule has 7 nitrogen and oxygen atoms in total. The first kappa shape index (κ1) is 26.4. The van der Waals surface area contributed by atoms with Crippen molar-refractivity contribution in [3.05, 3.63) is 83.0 Å². The highest BCUT2D eigenvalue weighted by Crippen LogP contribution is 2.29. The minimum absolute atomic E-state index is 0.0825. The number of methoxy groups -OCH3 is 1. The van der Waals surface area contributed by atoms with Crippen LogP contribution in [-0.2, 0) is 24.3 Å². The summed E-state index contributed by atoms with van der Waals surface area (Å²) in [4.78, 5) is 27.5. The summed E-state index contributed by atoms with van der Waals surface area (Å²) in [5.74, 6) is 1.24. The van der Waals surface area contributed by atoms with Crippen LogP contribution in [0.5, 0.6) is 5.75 Å². The molecule has 1 aliphatic carbocycles. The van der Waals surface area contributed by atoms with Crippen molar-refractivity contribution in [2.45, 2.75) is 58.0 Å². The molecule has 1 N–H and O–H groups in total. The van der Waals surface area contributed by atoms with E-state index in [9.17, 15) is 14.0 Å². The molecule has 0 unspecified atom stereocenters. The average molecular weight is 508 g/mol. The number of benzene rings is 2. The number of hydrogen-bond donors (Lipinski definition) is 1. The molecule has 3 aromatic rings. The van der Waals surface area contributed by atoms with Crippen molar-refractivity contribution in [1.29, 1.82) is 0 Å². The predicted octanol–water partition coefficient (Wildman–Crippen LogP) is 5.29. The Kier molecular flexibility index (Phi) is 9.29. The summed E-state index contributed by atoms with van der Waals surface area (Å²) in [5, 5.41) is 6.66. The normalized spacial score (nSPS) is 13.5. The Morgan fingerprint density at radius 2 is 1.78 bits per heavy atom. The SMILES string of the molecule is COc1ccc(CCN(Cc2cc(C(=O)NCc3ccc(F)cc3)no2)C(=O)CCC2CCCC2)cc1. The number of aromatic nitrogens is 1. The first-order chi connectivity index (χ1) is 18.0. The summed E-state index contributed by atoms with van der Waals surface area (Å²) in [6, 6.07) is 15.3. The van der Waals surface area contributed by atoms with E-state index in [0.29, 0.717) is 31.1 Å². The van der Waals surface area contributed by atoms with Gasteiger partial charge in [0, 0.05) is 25.6 Å². The van der Waals surface area contributed by atoms with Crippen molar-refractivity contribution >= 4 is 11.8 Å². The zero-order valence-electron chi connectivity index (χ0n) is 21.2. The fourth-order valence-electron chi connectivity index (χ4n) is 4.69. The van der Waals surface area contributed by atoms with Crippen molar-refractivity contribution in [2.24, 2.45) is 5.92 Å². The number of ether oxygens (including phenoxy) is 1. The summed E-state index contributed by atoms with van der Waals surface area (Å²) in [7, 11) is 1.63. The second-order valence-electron chi connectivity index (χ2n) is 9.59. The molecule has 0 atom stereocenters. The molecule has 1 fully saturated rings. The Labute approximate surface area is 217 Å². The zero-order valence-corrected chi connectivity index (χ0v) is 21.2. The molecule has 2 amide bonds. The summed E-state index contributed by atoms with van der Waals surface area (Å²) in [5.41, 5.74) is 2.02. The van der Waals surface area contributed by atoms with Crippen molar-refractivity contribution in [1.82, 2.24) is 15.4 Å². The van der Waals surface area contributed by atoms with E-state index >= 15 is 0 Å². The molecule has 1 aliphatic rings. The number of carbonyl (C=O) groups is 2. The van der Waals surface area contributed by atoms with E-state index in [4.69, 9.17) is 9.26 Å². The van der Waals surface area contributed by atoms with Gasteiger partial charge in [-0.2, -0.15) is 0 Å². The third-order valence-corrected chi connectivity index (χ3v) is 6.93. The summed E-state index contributed by atoms with van der Waals surface area (Å²) >= 11 is 0. The van der Waals surface area contributed by atoms with Gasteiger partial charge in [0.2, 0.25) is 5.91 Å². The topological polar surface area (TPSA) is 84.7 Å². The van der Waals surface area contributed by atoms with Crippen LogP contribution in [0.25, 0.3) is 0 Å². The van der Waals surface area contributed by atoms with E-state index in [-0.39, 0.29) is 30.5 Å². The lowest BCUT2D eigenvalue weighted by atomic mass is 10.0. The molecule has 8 heteroatoms. The second-order valence-corrected chi connectivity index (χ2v) is 9.59. The van der Waals surface area contributed by atoms with Crippen LogP contribution >= 0.6 is 0 Å². The number of amides is 2. The van der Waals surface area contributed by atoms with Crippen molar-refractivity contribution < 1.29 is 23.2 Å². The summed E-state index contributed by atoms with van der Waals surface area (Å²) in [6.45, 7) is 1.02. The molecule has 0 spiro atoms. The van der Waals surface area contributed by atoms with E-state index in [1.165, 1.54) is 37.8 Å². The highest BCUT2D eigenvalue weighted by atomic mass is 19.1. The van der Waals surface area contributed by atoms with Crippen LogP contribution in [0, 0.1) is 11.7 Å². The van der Waals surface area contributed by atoms with Crippen molar-refractivity contribution in [3.8, 4) is 5.75 Å². The van der Waals surface area contributed by atoms with Crippen LogP contribution in [0.4, 0.5) is 4.39 Å². The van der Waals surface area contributed by atoms with Crippen LogP contribution in [-0.4, -0.2) is 35.5 Å². The van der Waals surface area contributed by atoms with Crippen molar-refractivity contribution in [3.63, 3.8) is 0 Å². The summed E-state index contributed by atoms with van der Waals surface area (Å²) < 4.78 is 23.7. The molecule has 0 aliphatic heterocycles. The van der Waals surface area contributed by atoms with E-state index in [2.05, 4.69) is 10.5 Å². The van der Waals surface area contributed by atoms with Gasteiger partial charge in [-0.15, -0.1) is 0 Å². The minimum atomic E-state index is -0.392. The Bertz CT molecular complexity index is 1150. The van der Waals surface area contributed by atoms with Crippen LogP contribution < -0.4 is 10.1 Å². The van der Waals surface area contributed by atoms with Gasteiger partial charge in [-0.3, -0.25) is 9.59 Å². The molecular weight excluding hydrogens is 473 g/mol. The molecule has 1 saturated carbocycles. The molecule has 4 rings (SSSR count). The molecule has 1 heterocycles. The van der Waals surface area contributed by atoms with Gasteiger partial charge in [0.05, 0.1) is 13.7 Å². The average Bonchev–Trinajstić information content (AvgIpc) is 3.62. The van der Waals surface area contributed by atoms with Gasteiger partial charge in [-0.1, -0.05) is 55.1 Å². The van der Waals surface area contributed by atoms with Gasteiger partial charge in [-0.05, 0) is 54.2 Å². The van der Waals surface area contributed by atoms with Gasteiger partial charge in [0.25, 0.3) is 5.91 Å². The van der Waals surface area contributed by atoms with Gasteiger partial charge < -0.3 is 19.5 Å². The highest BCUT2D eigenvalue weighted by molar-refractivity contribution is 5.92. The largest absolute Gasteiger partial charge is 0.497 e. The first-order valence-corrected chi connectivity index (χ1v) is 12.9. The number of carbonyl (C=O) groups excluding carboxylic acids is 2. The standard InChI is InChI=1S/C29H34FN3O4/c1-36-25-13-8-22(9-14-25)16-17-33(28(34)15-10-21-4-2-3-5-21)20-26-18-27(32-37-26)29(35)31-19-23-6-11-24(30)12-7-23/h6-9,11-14,18,21H,2-5,10,15-17,19-20H2,1H3,(H,31,35). The quantitative estimate of drug-likeness (QED) is 0.360. The third-order valence-electron chi connectivity index (χ3n) is 6.93. The van der Waals surface area contributed by atoms with Gasteiger partial charge in [0.15, 0.2) is 11.5 Å². The van der Waals surface area contributed by atoms with Gasteiger partial charge >= 0.3 is 0 Å². The highest BCUT2D eigenvalue weighted by Gasteiger charge is 2.21. The van der Waals surface area contributed by atoms with Crippen molar-refractivity contribution in [2.75, 3.05) is 13.7 Å². The number of halogens is 1. The monoisotopic (exact) mass is 507 g/mol. The van der Waals surface area contributed by atoms with Gasteiger partial charge in [0.1, 0.15) is 11.6 Å². The Balaban J connectivity index is 1.36. The maximum atomic E-state index is 13.2. The van der Waals surface area contributed by atoms with Crippen LogP contribution in [0.2, 0.25) is 0 Å². The van der Waals surface area contributed by atoms with E-state index in [1.807, 2.05) is 24.3 Å². The van der Waals surface area contributed by atoms with Crippen LogP contribution in [0.15, 0.2) is 59.1 Å². The second kappa shape index (κ2) is 13.0. The number of hydrogen-bond acceptors (Lipinski definition) is 5. The maximum Gasteiger partial charge on any atom is 0.273 e. The van der Waals surface area contributed by atoms with E-state index in [1.54, 1.807) is 30.2 Å². The fraction of sp³-hybridized carbons (Fsp3) is 0.414. The Hall–Kier alpha value is -3.68. The smallest absolute Gasteiger partial charge is 0.273 e. The molecule has 2 aromatic carbocycles. The van der Waals surface area contributed by atoms with E-state index < -0.39 is 5.91 Å². The molecule has 0 radical (unpaired) electrons. The molecule has 0 saturated heterocycles. The molecule has 196 valence electrons. The van der Waals surface area contributed by atoms with Crippen LogP contribution in [0.3, 0.4) is 0 Å².